The number of unbranched alkanes of at least 4 members (excludes halogenated alkanes) is 1. The molecule has 0 saturated heterocycles. The molecule has 0 radical (unpaired) electrons. The molecule has 2 unspecified atom stereocenters. The first kappa shape index (κ1) is 14.4. The van der Waals surface area contributed by atoms with Crippen LogP contribution in [0.25, 0.3) is 0 Å². The highest BCUT2D eigenvalue weighted by atomic mass is 16.5. The predicted molar refractivity (Wildman–Crippen MR) is 72.4 cm³/mol. The van der Waals surface area contributed by atoms with E-state index in [0.717, 1.165) is 38.1 Å². The number of rotatable bonds is 6. The zero-order chi connectivity index (χ0) is 13.7. The molecule has 1 aliphatic rings. The average molecular weight is 267 g/mol. The van der Waals surface area contributed by atoms with Crippen LogP contribution in [-0.4, -0.2) is 33.9 Å². The molecule has 6 nitrogen and oxygen atoms in total. The highest BCUT2D eigenvalue weighted by Crippen LogP contribution is 2.41. The summed E-state index contributed by atoms with van der Waals surface area (Å²) in [6.45, 7) is 3.80. The van der Waals surface area contributed by atoms with Crippen molar-refractivity contribution >= 4 is 0 Å². The van der Waals surface area contributed by atoms with E-state index in [2.05, 4.69) is 22.4 Å². The lowest BCUT2D eigenvalue weighted by atomic mass is 9.78. The zero-order valence-corrected chi connectivity index (χ0v) is 12.0. The average Bonchev–Trinajstić information content (AvgIpc) is 2.88. The van der Waals surface area contributed by atoms with Gasteiger partial charge in [-0.25, -0.2) is 4.68 Å². The number of aromatic nitrogens is 4. The van der Waals surface area contributed by atoms with Gasteiger partial charge in [-0.05, 0) is 55.0 Å². The van der Waals surface area contributed by atoms with E-state index in [1.54, 1.807) is 7.11 Å². The van der Waals surface area contributed by atoms with Crippen LogP contribution in [-0.2, 0) is 16.9 Å². The lowest BCUT2D eigenvalue weighted by Gasteiger charge is -2.37. The molecule has 1 aromatic heterocycles. The molecule has 6 heteroatoms. The van der Waals surface area contributed by atoms with Crippen LogP contribution in [0, 0.1) is 5.92 Å². The molecule has 19 heavy (non-hydrogen) atoms. The molecule has 2 atom stereocenters. The molecule has 0 aromatic carbocycles. The Bertz CT molecular complexity index is 394. The maximum atomic E-state index is 5.85. The Kier molecular flexibility index (Phi) is 4.87. The van der Waals surface area contributed by atoms with Crippen LogP contribution in [0.3, 0.4) is 0 Å². The van der Waals surface area contributed by atoms with Gasteiger partial charge in [0.1, 0.15) is 5.60 Å². The summed E-state index contributed by atoms with van der Waals surface area (Å²) < 4.78 is 7.75. The van der Waals surface area contributed by atoms with Gasteiger partial charge in [-0.1, -0.05) is 13.3 Å². The van der Waals surface area contributed by atoms with E-state index in [0.29, 0.717) is 12.5 Å². The second kappa shape index (κ2) is 6.43. The SMILES string of the molecule is COC1(c2nnnn2CCCCN)CCCC(C)C1. The molecule has 108 valence electrons. The molecule has 0 aliphatic heterocycles. The Labute approximate surface area is 114 Å². The predicted octanol–water partition coefficient (Wildman–Crippen LogP) is 1.46. The molecule has 0 amide bonds. The normalized spacial score (nSPS) is 27.6. The van der Waals surface area contributed by atoms with Crippen molar-refractivity contribution in [1.82, 2.24) is 20.2 Å². The fourth-order valence-electron chi connectivity index (χ4n) is 3.07. The Morgan fingerprint density at radius 1 is 1.47 bits per heavy atom. The molecule has 0 bridgehead atoms. The first-order valence-corrected chi connectivity index (χ1v) is 7.24. The van der Waals surface area contributed by atoms with Gasteiger partial charge in [-0.15, -0.1) is 5.10 Å². The number of hydrogen-bond acceptors (Lipinski definition) is 5. The number of ether oxygens (including phenoxy) is 1. The van der Waals surface area contributed by atoms with Crippen LogP contribution in [0.15, 0.2) is 0 Å². The maximum absolute atomic E-state index is 5.85. The van der Waals surface area contributed by atoms with Crippen molar-refractivity contribution in [3.05, 3.63) is 5.82 Å². The zero-order valence-electron chi connectivity index (χ0n) is 12.0. The van der Waals surface area contributed by atoms with Crippen LogP contribution < -0.4 is 5.73 Å². The molecule has 1 heterocycles. The second-order valence-electron chi connectivity index (χ2n) is 5.62. The number of nitrogens with two attached hydrogens (primary N) is 1. The van der Waals surface area contributed by atoms with Gasteiger partial charge in [-0.2, -0.15) is 0 Å². The number of nitrogens with zero attached hydrogens (tertiary/aromatic N) is 4. The van der Waals surface area contributed by atoms with E-state index in [-0.39, 0.29) is 5.60 Å². The van der Waals surface area contributed by atoms with E-state index in [9.17, 15) is 0 Å². The Morgan fingerprint density at radius 2 is 2.32 bits per heavy atom. The monoisotopic (exact) mass is 267 g/mol. The van der Waals surface area contributed by atoms with Crippen LogP contribution in [0.4, 0.5) is 0 Å². The van der Waals surface area contributed by atoms with Gasteiger partial charge < -0.3 is 10.5 Å². The number of methoxy groups -OCH3 is 1. The minimum absolute atomic E-state index is 0.302. The topological polar surface area (TPSA) is 78.9 Å². The molecular formula is C13H25N5O. The van der Waals surface area contributed by atoms with Crippen LogP contribution >= 0.6 is 0 Å². The Morgan fingerprint density at radius 3 is 3.00 bits per heavy atom. The standard InChI is InChI=1S/C13H25N5O/c1-11-6-5-7-13(10-11,19-2)12-15-16-17-18(12)9-4-3-8-14/h11H,3-10,14H2,1-2H3. The van der Waals surface area contributed by atoms with Crippen LogP contribution in [0.1, 0.15) is 51.3 Å². The van der Waals surface area contributed by atoms with Crippen LogP contribution in [0.5, 0.6) is 0 Å². The molecular weight excluding hydrogens is 242 g/mol. The van der Waals surface area contributed by atoms with Crippen molar-refractivity contribution in [3.8, 4) is 0 Å². The van der Waals surface area contributed by atoms with Crippen molar-refractivity contribution in [1.29, 1.82) is 0 Å². The third-order valence-corrected chi connectivity index (χ3v) is 4.11. The van der Waals surface area contributed by atoms with Crippen molar-refractivity contribution in [2.45, 2.75) is 57.6 Å². The fourth-order valence-corrected chi connectivity index (χ4v) is 3.07. The molecule has 1 aromatic rings. The van der Waals surface area contributed by atoms with E-state index in [1.807, 2.05) is 4.68 Å². The van der Waals surface area contributed by atoms with Crippen molar-refractivity contribution in [3.63, 3.8) is 0 Å². The maximum Gasteiger partial charge on any atom is 0.183 e. The summed E-state index contributed by atoms with van der Waals surface area (Å²) in [5.74, 6) is 1.54. The van der Waals surface area contributed by atoms with Gasteiger partial charge >= 0.3 is 0 Å². The van der Waals surface area contributed by atoms with E-state index < -0.39 is 0 Å². The third-order valence-electron chi connectivity index (χ3n) is 4.11. The van der Waals surface area contributed by atoms with Gasteiger partial charge in [0, 0.05) is 13.7 Å². The summed E-state index contributed by atoms with van der Waals surface area (Å²) in [5.41, 5.74) is 5.23. The summed E-state index contributed by atoms with van der Waals surface area (Å²) in [7, 11) is 1.77. The Balaban J connectivity index is 2.16. The summed E-state index contributed by atoms with van der Waals surface area (Å²) in [6, 6.07) is 0. The Hall–Kier alpha value is -1.01. The lowest BCUT2D eigenvalue weighted by molar-refractivity contribution is -0.0677. The molecule has 1 aliphatic carbocycles. The molecule has 2 N–H and O–H groups in total. The van der Waals surface area contributed by atoms with E-state index in [4.69, 9.17) is 10.5 Å². The summed E-state index contributed by atoms with van der Waals surface area (Å²) in [5, 5.41) is 12.2. The van der Waals surface area contributed by atoms with Gasteiger partial charge in [0.15, 0.2) is 5.82 Å². The number of aryl methyl sites for hydroxylation is 1. The largest absolute Gasteiger partial charge is 0.370 e. The van der Waals surface area contributed by atoms with Crippen molar-refractivity contribution in [2.75, 3.05) is 13.7 Å². The summed E-state index contributed by atoms with van der Waals surface area (Å²) in [6.07, 6.45) is 6.44. The molecule has 2 rings (SSSR count). The third kappa shape index (κ3) is 3.12. The number of hydrogen-bond donors (Lipinski definition) is 1. The molecule has 0 spiro atoms. The minimum atomic E-state index is -0.302. The van der Waals surface area contributed by atoms with E-state index in [1.165, 1.54) is 12.8 Å². The van der Waals surface area contributed by atoms with Crippen molar-refractivity contribution < 1.29 is 4.74 Å². The van der Waals surface area contributed by atoms with Crippen LogP contribution in [0.2, 0.25) is 0 Å². The highest BCUT2D eigenvalue weighted by Gasteiger charge is 2.41. The highest BCUT2D eigenvalue weighted by molar-refractivity contribution is 5.03. The summed E-state index contributed by atoms with van der Waals surface area (Å²) >= 11 is 0. The lowest BCUT2D eigenvalue weighted by Crippen LogP contribution is -2.37. The van der Waals surface area contributed by atoms with E-state index >= 15 is 0 Å². The number of tetrazole rings is 1. The van der Waals surface area contributed by atoms with Gasteiger partial charge in [-0.3, -0.25) is 0 Å². The molecule has 1 fully saturated rings. The second-order valence-corrected chi connectivity index (χ2v) is 5.62. The van der Waals surface area contributed by atoms with Crippen molar-refractivity contribution in [2.24, 2.45) is 11.7 Å². The minimum Gasteiger partial charge on any atom is -0.370 e. The van der Waals surface area contributed by atoms with Gasteiger partial charge in [0.25, 0.3) is 0 Å². The first-order chi connectivity index (χ1) is 9.22. The smallest absolute Gasteiger partial charge is 0.183 e. The van der Waals surface area contributed by atoms with Gasteiger partial charge in [0.05, 0.1) is 0 Å². The fraction of sp³-hybridized carbons (Fsp3) is 0.923. The molecule has 1 saturated carbocycles. The quantitative estimate of drug-likeness (QED) is 0.789. The first-order valence-electron chi connectivity index (χ1n) is 7.24. The van der Waals surface area contributed by atoms with Gasteiger partial charge in [0.2, 0.25) is 0 Å². The summed E-state index contributed by atoms with van der Waals surface area (Å²) in [4.78, 5) is 0.